The van der Waals surface area contributed by atoms with Gasteiger partial charge in [-0.3, -0.25) is 0 Å². The number of fused-ring (bicyclic) bond motifs is 2. The number of aliphatic hydroxyl groups excluding tert-OH is 3. The maximum absolute atomic E-state index is 12.8. The van der Waals surface area contributed by atoms with Gasteiger partial charge in [-0.05, 0) is 50.0 Å². The van der Waals surface area contributed by atoms with Crippen LogP contribution < -0.4 is 0 Å². The summed E-state index contributed by atoms with van der Waals surface area (Å²) in [5.41, 5.74) is -6.44. The minimum Gasteiger partial charge on any atom is -0.459 e. The second-order valence-electron chi connectivity index (χ2n) is 14.6. The van der Waals surface area contributed by atoms with Crippen LogP contribution in [0.4, 0.5) is 0 Å². The van der Waals surface area contributed by atoms with Crippen LogP contribution in [0.3, 0.4) is 0 Å². The number of rotatable bonds is 10. The monoisotopic (exact) mass is 654 g/mol. The molecule has 1 aromatic rings. The lowest BCUT2D eigenvalue weighted by Gasteiger charge is -2.61. The number of allylic oxidation sites excluding steroid dienone is 3. The van der Waals surface area contributed by atoms with Gasteiger partial charge in [0.15, 0.2) is 5.60 Å². The normalized spacial score (nSPS) is 46.8. The van der Waals surface area contributed by atoms with Gasteiger partial charge in [0, 0.05) is 23.5 Å². The number of aliphatic hydroxyl groups is 5. The third-order valence-corrected chi connectivity index (χ3v) is 11.8. The molecule has 2 saturated heterocycles. The highest BCUT2D eigenvalue weighted by Gasteiger charge is 2.85. The Bertz CT molecular complexity index is 1410. The van der Waals surface area contributed by atoms with E-state index in [0.717, 1.165) is 25.7 Å². The maximum Gasteiger partial charge on any atom is 0.330 e. The largest absolute Gasteiger partial charge is 0.459 e. The van der Waals surface area contributed by atoms with Gasteiger partial charge in [-0.1, -0.05) is 88.8 Å². The summed E-state index contributed by atoms with van der Waals surface area (Å²) < 4.78 is 26.0. The Balaban J connectivity index is 1.42. The molecule has 5 fully saturated rings. The Hall–Kier alpha value is -2.41. The predicted octanol–water partition coefficient (Wildman–Crippen LogP) is 3.40. The third kappa shape index (κ3) is 4.86. The lowest BCUT2D eigenvalue weighted by molar-refractivity contribution is -0.446. The van der Waals surface area contributed by atoms with E-state index in [1.807, 2.05) is 38.1 Å². The van der Waals surface area contributed by atoms with E-state index in [-0.39, 0.29) is 6.42 Å². The molecule has 5 N–H and O–H groups in total. The zero-order valence-electron chi connectivity index (χ0n) is 27.7. The first-order valence-electron chi connectivity index (χ1n) is 17.0. The summed E-state index contributed by atoms with van der Waals surface area (Å²) in [6.07, 6.45) is 4.67. The minimum atomic E-state index is -2.64. The fraction of sp³-hybridized carbons (Fsp3) is 0.649. The van der Waals surface area contributed by atoms with E-state index in [9.17, 15) is 30.3 Å². The van der Waals surface area contributed by atoms with Gasteiger partial charge in [0.25, 0.3) is 0 Å². The summed E-state index contributed by atoms with van der Waals surface area (Å²) in [6.45, 7) is 11.0. The van der Waals surface area contributed by atoms with E-state index >= 15 is 0 Å². The Morgan fingerprint density at radius 3 is 2.47 bits per heavy atom. The summed E-state index contributed by atoms with van der Waals surface area (Å²) in [7, 11) is 0. The van der Waals surface area contributed by atoms with Crippen molar-refractivity contribution in [2.45, 2.75) is 119 Å². The van der Waals surface area contributed by atoms with Crippen molar-refractivity contribution in [1.29, 1.82) is 0 Å². The van der Waals surface area contributed by atoms with Crippen molar-refractivity contribution in [2.75, 3.05) is 6.61 Å². The molecule has 13 atom stereocenters. The van der Waals surface area contributed by atoms with Crippen LogP contribution in [-0.2, 0) is 29.7 Å². The summed E-state index contributed by atoms with van der Waals surface area (Å²) in [5.74, 6) is -5.59. The van der Waals surface area contributed by atoms with Gasteiger partial charge in [-0.25, -0.2) is 4.79 Å². The summed E-state index contributed by atoms with van der Waals surface area (Å²) in [5, 5.41) is 60.9. The van der Waals surface area contributed by atoms with Crippen molar-refractivity contribution in [3.8, 4) is 0 Å². The van der Waals surface area contributed by atoms with E-state index in [1.165, 1.54) is 12.2 Å². The van der Waals surface area contributed by atoms with Crippen LogP contribution in [0.1, 0.15) is 71.8 Å². The molecule has 10 nitrogen and oxygen atoms in total. The van der Waals surface area contributed by atoms with Crippen LogP contribution in [0.15, 0.2) is 66.8 Å². The molecule has 47 heavy (non-hydrogen) atoms. The fourth-order valence-corrected chi connectivity index (χ4v) is 9.47. The molecule has 5 aliphatic rings. The van der Waals surface area contributed by atoms with Crippen LogP contribution in [0.2, 0.25) is 0 Å². The number of unbranched alkanes of at least 4 members (excludes halogenated alkanes) is 3. The SMILES string of the molecule is C=C(C)[C@]12C[C@@H](C)[C@@]34OC(c5ccccc5)(O[C@@H]1[C@@H]3[C@H](O)[C@](O)(COC(=O)/C=C\C=C\CCCCC)[C@@H](O)[C@@]1(O)[C@H]4C[C@H](C)[C@@H]1O)O2. The van der Waals surface area contributed by atoms with Crippen molar-refractivity contribution in [3.63, 3.8) is 0 Å². The zero-order chi connectivity index (χ0) is 34.0. The quantitative estimate of drug-likeness (QED) is 0.0834. The second kappa shape index (κ2) is 12.2. The first-order chi connectivity index (χ1) is 22.2. The van der Waals surface area contributed by atoms with Gasteiger partial charge in [-0.2, -0.15) is 0 Å². The van der Waals surface area contributed by atoms with Crippen LogP contribution in [0, 0.1) is 23.7 Å². The average molecular weight is 655 g/mol. The average Bonchev–Trinajstić information content (AvgIpc) is 3.41. The molecule has 0 spiro atoms. The molecule has 2 aliphatic heterocycles. The lowest BCUT2D eigenvalue weighted by atomic mass is 9.53. The molecule has 6 rings (SSSR count). The topological polar surface area (TPSA) is 155 Å². The zero-order valence-corrected chi connectivity index (χ0v) is 27.7. The van der Waals surface area contributed by atoms with E-state index < -0.39 is 89.0 Å². The van der Waals surface area contributed by atoms with E-state index in [4.69, 9.17) is 18.9 Å². The fourth-order valence-electron chi connectivity index (χ4n) is 9.47. The number of hydrogen-bond acceptors (Lipinski definition) is 10. The molecule has 10 heteroatoms. The maximum atomic E-state index is 12.8. The number of carbonyl (C=O) groups excluding carboxylic acids is 1. The van der Waals surface area contributed by atoms with Gasteiger partial charge in [0.2, 0.25) is 0 Å². The van der Waals surface area contributed by atoms with Crippen molar-refractivity contribution in [3.05, 3.63) is 72.4 Å². The molecule has 0 amide bonds. The molecule has 1 aromatic carbocycles. The highest BCUT2D eigenvalue weighted by Crippen LogP contribution is 2.72. The van der Waals surface area contributed by atoms with E-state index in [0.29, 0.717) is 17.6 Å². The Morgan fingerprint density at radius 1 is 1.06 bits per heavy atom. The Kier molecular flexibility index (Phi) is 8.92. The number of esters is 1. The van der Waals surface area contributed by atoms with Gasteiger partial charge < -0.3 is 44.5 Å². The Labute approximate surface area is 276 Å². The second-order valence-corrected chi connectivity index (χ2v) is 14.6. The molecule has 1 unspecified atom stereocenters. The van der Waals surface area contributed by atoms with Crippen LogP contribution in [0.25, 0.3) is 0 Å². The number of ether oxygens (including phenoxy) is 4. The number of carbonyl (C=O) groups is 1. The molecular weight excluding hydrogens is 604 g/mol. The van der Waals surface area contributed by atoms with Crippen LogP contribution in [-0.4, -0.2) is 84.9 Å². The predicted molar refractivity (Wildman–Crippen MR) is 171 cm³/mol. The lowest BCUT2D eigenvalue weighted by Crippen LogP contribution is -2.73. The summed E-state index contributed by atoms with van der Waals surface area (Å²) in [4.78, 5) is 12.8. The molecule has 0 aromatic heterocycles. The molecule has 0 radical (unpaired) electrons. The summed E-state index contributed by atoms with van der Waals surface area (Å²) >= 11 is 0. The summed E-state index contributed by atoms with van der Waals surface area (Å²) in [6, 6.07) is 9.11. The minimum absolute atomic E-state index is 0.211. The van der Waals surface area contributed by atoms with Gasteiger partial charge in [0.1, 0.15) is 30.0 Å². The van der Waals surface area contributed by atoms with Crippen molar-refractivity contribution < 1.29 is 49.3 Å². The molecule has 3 bridgehead atoms. The molecule has 2 heterocycles. The van der Waals surface area contributed by atoms with E-state index in [1.54, 1.807) is 25.1 Å². The Morgan fingerprint density at radius 2 is 1.79 bits per heavy atom. The van der Waals surface area contributed by atoms with Gasteiger partial charge in [0.05, 0.1) is 17.8 Å². The number of hydrogen-bond donors (Lipinski definition) is 5. The van der Waals surface area contributed by atoms with Gasteiger partial charge >= 0.3 is 11.9 Å². The molecule has 258 valence electrons. The van der Waals surface area contributed by atoms with Crippen molar-refractivity contribution in [2.24, 2.45) is 23.7 Å². The van der Waals surface area contributed by atoms with Crippen LogP contribution in [0.5, 0.6) is 0 Å². The molecule has 3 saturated carbocycles. The highest BCUT2D eigenvalue weighted by atomic mass is 16.9. The van der Waals surface area contributed by atoms with Gasteiger partial charge in [-0.15, -0.1) is 0 Å². The third-order valence-electron chi connectivity index (χ3n) is 11.8. The first kappa shape index (κ1) is 34.5. The molecule has 3 aliphatic carbocycles. The first-order valence-corrected chi connectivity index (χ1v) is 17.0. The van der Waals surface area contributed by atoms with E-state index in [2.05, 4.69) is 13.5 Å². The standard InChI is InChI=1S/C37H50O10/c1-6-7-8-9-10-11-15-18-27(38)44-21-33(42)30(40)28-31-34(22(2)3)20-24(5)36(28,26-19-23(4)29(39)35(26,43)32(33)41)47-37(45-31,46-34)25-16-13-12-14-17-25/h10-18,23-24,26,28-32,39-43H,2,6-9,19-21H2,1,3-5H3/b11-10+,18-15-/t23-,24+,26+,28-,29-,30-,31+,32+,33+,34+,35+,36-,37?/m0/s1. The van der Waals surface area contributed by atoms with Crippen molar-refractivity contribution in [1.82, 2.24) is 0 Å². The van der Waals surface area contributed by atoms with Crippen molar-refractivity contribution >= 4 is 5.97 Å². The smallest absolute Gasteiger partial charge is 0.330 e. The highest BCUT2D eigenvalue weighted by molar-refractivity contribution is 5.82. The number of benzene rings is 1. The molecular formula is C37H50O10. The van der Waals surface area contributed by atoms with Crippen LogP contribution >= 0.6 is 0 Å².